The van der Waals surface area contributed by atoms with Gasteiger partial charge in [-0.25, -0.2) is 0 Å². The average Bonchev–Trinajstić information content (AvgIpc) is 3.05. The Bertz CT molecular complexity index is 1040. The van der Waals surface area contributed by atoms with Gasteiger partial charge in [0.1, 0.15) is 11.4 Å². The Morgan fingerprint density at radius 2 is 1.71 bits per heavy atom. The molecule has 2 heterocycles. The molecule has 2 aromatic carbocycles. The molecule has 2 aliphatic heterocycles. The summed E-state index contributed by atoms with van der Waals surface area (Å²) in [7, 11) is 0. The second-order valence-corrected chi connectivity index (χ2v) is 8.84. The summed E-state index contributed by atoms with van der Waals surface area (Å²) in [5.41, 5.74) is 6.21. The second kappa shape index (κ2) is 8.27. The van der Waals surface area contributed by atoms with Gasteiger partial charge in [0.15, 0.2) is 0 Å². The molecule has 6 nitrogen and oxygen atoms in total. The molecule has 162 valence electrons. The van der Waals surface area contributed by atoms with Crippen LogP contribution in [0.2, 0.25) is 0 Å². The van der Waals surface area contributed by atoms with E-state index in [1.165, 1.54) is 5.56 Å². The van der Waals surface area contributed by atoms with Crippen molar-refractivity contribution in [3.8, 4) is 0 Å². The number of aryl methyl sites for hydroxylation is 4. The van der Waals surface area contributed by atoms with Crippen LogP contribution in [0.5, 0.6) is 0 Å². The molecule has 2 aliphatic rings. The number of benzene rings is 2. The van der Waals surface area contributed by atoms with Crippen LogP contribution in [0.15, 0.2) is 41.4 Å². The van der Waals surface area contributed by atoms with Gasteiger partial charge in [0.25, 0.3) is 5.91 Å². The Hall–Kier alpha value is -2.99. The number of nitrogens with one attached hydrogen (secondary N) is 2. The summed E-state index contributed by atoms with van der Waals surface area (Å²) in [6.07, 6.45) is 1.40. The normalized spacial score (nSPS) is 18.1. The molecule has 4 rings (SSSR count). The van der Waals surface area contributed by atoms with E-state index in [4.69, 9.17) is 4.99 Å². The number of rotatable bonds is 4. The number of para-hydroxylation sites is 1. The molecule has 0 unspecified atom stereocenters. The van der Waals surface area contributed by atoms with Gasteiger partial charge < -0.3 is 10.6 Å². The van der Waals surface area contributed by atoms with Crippen molar-refractivity contribution >= 4 is 23.2 Å². The van der Waals surface area contributed by atoms with Gasteiger partial charge in [-0.05, 0) is 56.0 Å². The van der Waals surface area contributed by atoms with Crippen LogP contribution >= 0.6 is 0 Å². The molecule has 2 aromatic rings. The fourth-order valence-electron chi connectivity index (χ4n) is 4.36. The molecule has 2 N–H and O–H groups in total. The summed E-state index contributed by atoms with van der Waals surface area (Å²) in [4.78, 5) is 32.2. The minimum absolute atomic E-state index is 0.0110. The predicted molar refractivity (Wildman–Crippen MR) is 124 cm³/mol. The zero-order valence-electron chi connectivity index (χ0n) is 18.7. The summed E-state index contributed by atoms with van der Waals surface area (Å²) >= 11 is 0. The lowest BCUT2D eigenvalue weighted by atomic mass is 9.98. The number of hydrogen-bond donors (Lipinski definition) is 2. The standard InChI is InChI=1S/C25H30N4O2/c1-16-8-9-20(14-19(16)4)23-24(31)28-25(27-23)10-12-29(13-11-25)15-21(30)26-22-17(2)6-5-7-18(22)3/h5-9,14H,10-13,15H2,1-4H3,(H,26,30)(H,28,31). The van der Waals surface area contributed by atoms with Crippen molar-refractivity contribution in [3.63, 3.8) is 0 Å². The summed E-state index contributed by atoms with van der Waals surface area (Å²) < 4.78 is 0. The van der Waals surface area contributed by atoms with E-state index >= 15 is 0 Å². The highest BCUT2D eigenvalue weighted by Gasteiger charge is 2.42. The number of piperidine rings is 1. The number of amides is 2. The monoisotopic (exact) mass is 418 g/mol. The predicted octanol–water partition coefficient (Wildman–Crippen LogP) is 3.27. The zero-order valence-corrected chi connectivity index (χ0v) is 18.7. The number of anilines is 1. The van der Waals surface area contributed by atoms with Gasteiger partial charge in [-0.1, -0.05) is 30.3 Å². The van der Waals surface area contributed by atoms with E-state index in [-0.39, 0.29) is 11.8 Å². The molecule has 6 heteroatoms. The fraction of sp³-hybridized carbons (Fsp3) is 0.400. The molecule has 1 fully saturated rings. The van der Waals surface area contributed by atoms with Crippen molar-refractivity contribution in [1.29, 1.82) is 0 Å². The largest absolute Gasteiger partial charge is 0.326 e. The van der Waals surface area contributed by atoms with E-state index in [9.17, 15) is 9.59 Å². The van der Waals surface area contributed by atoms with E-state index in [2.05, 4.69) is 22.5 Å². The first kappa shape index (κ1) is 21.2. The van der Waals surface area contributed by atoms with Crippen molar-refractivity contribution < 1.29 is 9.59 Å². The van der Waals surface area contributed by atoms with Gasteiger partial charge in [0, 0.05) is 37.2 Å². The zero-order chi connectivity index (χ0) is 22.2. The van der Waals surface area contributed by atoms with Gasteiger partial charge in [0.05, 0.1) is 6.54 Å². The SMILES string of the molecule is Cc1ccc(C2=NC3(CCN(CC(=O)Nc4c(C)cccc4C)CC3)NC2=O)cc1C. The number of hydrogen-bond acceptors (Lipinski definition) is 4. The van der Waals surface area contributed by atoms with E-state index in [0.717, 1.165) is 27.9 Å². The Balaban J connectivity index is 1.39. The number of aliphatic imine (C=N–C) groups is 1. The molecule has 0 aromatic heterocycles. The molecule has 1 saturated heterocycles. The molecule has 1 spiro atoms. The first-order valence-corrected chi connectivity index (χ1v) is 10.8. The average molecular weight is 419 g/mol. The van der Waals surface area contributed by atoms with E-state index in [0.29, 0.717) is 38.2 Å². The Morgan fingerprint density at radius 1 is 1.03 bits per heavy atom. The van der Waals surface area contributed by atoms with Gasteiger partial charge >= 0.3 is 0 Å². The maximum absolute atomic E-state index is 12.7. The van der Waals surface area contributed by atoms with Crippen molar-refractivity contribution in [1.82, 2.24) is 10.2 Å². The maximum atomic E-state index is 12.7. The molecule has 0 bridgehead atoms. The van der Waals surface area contributed by atoms with Gasteiger partial charge in [0.2, 0.25) is 5.91 Å². The quantitative estimate of drug-likeness (QED) is 0.800. The van der Waals surface area contributed by atoms with Crippen LogP contribution in [0.1, 0.15) is 40.7 Å². The highest BCUT2D eigenvalue weighted by molar-refractivity contribution is 6.46. The van der Waals surface area contributed by atoms with E-state index in [1.54, 1.807) is 0 Å². The van der Waals surface area contributed by atoms with Crippen LogP contribution in [-0.4, -0.2) is 47.7 Å². The molecule has 0 atom stereocenters. The number of carbonyl (C=O) groups is 2. The smallest absolute Gasteiger partial charge is 0.272 e. The Kier molecular flexibility index (Phi) is 5.67. The molecule has 0 aliphatic carbocycles. The molecule has 0 radical (unpaired) electrons. The minimum Gasteiger partial charge on any atom is -0.326 e. The van der Waals surface area contributed by atoms with Crippen molar-refractivity contribution in [2.75, 3.05) is 25.0 Å². The van der Waals surface area contributed by atoms with Crippen LogP contribution in [0, 0.1) is 27.7 Å². The maximum Gasteiger partial charge on any atom is 0.272 e. The number of likely N-dealkylation sites (tertiary alicyclic amines) is 1. The Morgan fingerprint density at radius 3 is 2.35 bits per heavy atom. The topological polar surface area (TPSA) is 73.8 Å². The van der Waals surface area contributed by atoms with E-state index < -0.39 is 5.66 Å². The van der Waals surface area contributed by atoms with Crippen LogP contribution in [-0.2, 0) is 9.59 Å². The highest BCUT2D eigenvalue weighted by atomic mass is 16.2. The number of carbonyl (C=O) groups excluding carboxylic acids is 2. The minimum atomic E-state index is -0.551. The van der Waals surface area contributed by atoms with Crippen LogP contribution in [0.3, 0.4) is 0 Å². The highest BCUT2D eigenvalue weighted by Crippen LogP contribution is 2.29. The Labute approximate surface area is 183 Å². The van der Waals surface area contributed by atoms with Crippen molar-refractivity contribution in [2.24, 2.45) is 4.99 Å². The van der Waals surface area contributed by atoms with Gasteiger partial charge in [-0.2, -0.15) is 0 Å². The molecule has 31 heavy (non-hydrogen) atoms. The van der Waals surface area contributed by atoms with Gasteiger partial charge in [-0.15, -0.1) is 0 Å². The molecular weight excluding hydrogens is 388 g/mol. The lowest BCUT2D eigenvalue weighted by Crippen LogP contribution is -2.52. The summed E-state index contributed by atoms with van der Waals surface area (Å²) in [5.74, 6) is -0.118. The first-order chi connectivity index (χ1) is 14.8. The lowest BCUT2D eigenvalue weighted by Gasteiger charge is -2.36. The fourth-order valence-corrected chi connectivity index (χ4v) is 4.36. The third kappa shape index (κ3) is 4.39. The molecular formula is C25H30N4O2. The molecule has 2 amide bonds. The molecule has 0 saturated carbocycles. The van der Waals surface area contributed by atoms with Crippen LogP contribution in [0.25, 0.3) is 0 Å². The van der Waals surface area contributed by atoms with Gasteiger partial charge in [-0.3, -0.25) is 19.5 Å². The van der Waals surface area contributed by atoms with E-state index in [1.807, 2.05) is 57.2 Å². The summed E-state index contributed by atoms with van der Waals surface area (Å²) in [6, 6.07) is 12.0. The summed E-state index contributed by atoms with van der Waals surface area (Å²) in [6.45, 7) is 9.87. The third-order valence-electron chi connectivity index (χ3n) is 6.46. The first-order valence-electron chi connectivity index (χ1n) is 10.8. The third-order valence-corrected chi connectivity index (χ3v) is 6.46. The lowest BCUT2D eigenvalue weighted by molar-refractivity contribution is -0.119. The van der Waals surface area contributed by atoms with Crippen LogP contribution < -0.4 is 10.6 Å². The van der Waals surface area contributed by atoms with Crippen LogP contribution in [0.4, 0.5) is 5.69 Å². The van der Waals surface area contributed by atoms with Crippen molar-refractivity contribution in [3.05, 3.63) is 64.2 Å². The summed E-state index contributed by atoms with van der Waals surface area (Å²) in [5, 5.41) is 6.17. The second-order valence-electron chi connectivity index (χ2n) is 8.84. The van der Waals surface area contributed by atoms with Crippen molar-refractivity contribution in [2.45, 2.75) is 46.2 Å². The number of nitrogens with zero attached hydrogens (tertiary/aromatic N) is 2.